The Labute approximate surface area is 184 Å². The van der Waals surface area contributed by atoms with E-state index in [1.54, 1.807) is 10.7 Å². The lowest BCUT2D eigenvalue weighted by molar-refractivity contribution is 0.313. The van der Waals surface area contributed by atoms with Crippen LogP contribution in [0.3, 0.4) is 0 Å². The van der Waals surface area contributed by atoms with Gasteiger partial charge in [-0.05, 0) is 55.8 Å². The molecular formula is C24H23N7O. The van der Waals surface area contributed by atoms with Crippen LogP contribution in [0, 0.1) is 0 Å². The Kier molecular flexibility index (Phi) is 4.22. The van der Waals surface area contributed by atoms with Gasteiger partial charge in [-0.1, -0.05) is 18.2 Å². The van der Waals surface area contributed by atoms with Crippen molar-refractivity contribution in [2.75, 3.05) is 18.9 Å². The van der Waals surface area contributed by atoms with Crippen molar-refractivity contribution >= 4 is 39.2 Å². The summed E-state index contributed by atoms with van der Waals surface area (Å²) in [5.41, 5.74) is 5.45. The van der Waals surface area contributed by atoms with Gasteiger partial charge in [-0.15, -0.1) is 0 Å². The molecule has 0 fully saturated rings. The van der Waals surface area contributed by atoms with Crippen LogP contribution in [0.15, 0.2) is 53.5 Å². The van der Waals surface area contributed by atoms with Gasteiger partial charge in [-0.3, -0.25) is 9.48 Å². The summed E-state index contributed by atoms with van der Waals surface area (Å²) in [5, 5.41) is 4.62. The fourth-order valence-corrected chi connectivity index (χ4v) is 4.64. The summed E-state index contributed by atoms with van der Waals surface area (Å²) in [4.78, 5) is 29.4. The normalized spacial score (nSPS) is 14.3. The van der Waals surface area contributed by atoms with E-state index in [2.05, 4.69) is 45.4 Å². The van der Waals surface area contributed by atoms with E-state index in [9.17, 15) is 4.79 Å². The average molecular weight is 425 g/mol. The van der Waals surface area contributed by atoms with Crippen LogP contribution in [0.5, 0.6) is 0 Å². The molecule has 0 amide bonds. The minimum Gasteiger partial charge on any atom is -0.324 e. The van der Waals surface area contributed by atoms with E-state index in [1.165, 1.54) is 11.1 Å². The molecule has 160 valence electrons. The third-order valence-corrected chi connectivity index (χ3v) is 6.23. The number of aromatic nitrogens is 5. The van der Waals surface area contributed by atoms with Crippen molar-refractivity contribution < 1.29 is 0 Å². The van der Waals surface area contributed by atoms with Crippen molar-refractivity contribution in [2.45, 2.75) is 26.4 Å². The SMILES string of the molecule is CCn1c2ccccc2c2nc3nc(Nc4ccc5c(c4)CN(C)CC5)ncc3c(=O)n21. The van der Waals surface area contributed by atoms with Gasteiger partial charge in [-0.25, -0.2) is 9.97 Å². The summed E-state index contributed by atoms with van der Waals surface area (Å²) in [6, 6.07) is 14.3. The first-order chi connectivity index (χ1) is 15.6. The van der Waals surface area contributed by atoms with Gasteiger partial charge in [-0.2, -0.15) is 9.50 Å². The Morgan fingerprint density at radius 1 is 1.06 bits per heavy atom. The van der Waals surface area contributed by atoms with E-state index < -0.39 is 0 Å². The third kappa shape index (κ3) is 2.87. The van der Waals surface area contributed by atoms with Gasteiger partial charge in [0.25, 0.3) is 5.56 Å². The average Bonchev–Trinajstić information content (AvgIpc) is 3.12. The topological polar surface area (TPSA) is 80.3 Å². The van der Waals surface area contributed by atoms with Crippen LogP contribution in [0.25, 0.3) is 27.6 Å². The van der Waals surface area contributed by atoms with Gasteiger partial charge in [0.15, 0.2) is 11.3 Å². The predicted molar refractivity (Wildman–Crippen MR) is 125 cm³/mol. The Morgan fingerprint density at radius 3 is 2.81 bits per heavy atom. The third-order valence-electron chi connectivity index (χ3n) is 6.23. The zero-order valence-electron chi connectivity index (χ0n) is 18.0. The molecule has 1 aliphatic rings. The highest BCUT2D eigenvalue weighted by Gasteiger charge is 2.17. The standard InChI is InChI=1S/C24H23N7O/c1-3-30-20-7-5-4-6-18(20)22-27-21-19(23(32)31(22)30)13-25-24(28-21)26-17-9-8-15-10-11-29(2)14-16(15)12-17/h4-9,12-13H,3,10-11,14H2,1-2H3,(H,25,26,28). The highest BCUT2D eigenvalue weighted by molar-refractivity contribution is 5.94. The van der Waals surface area contributed by atoms with Crippen LogP contribution < -0.4 is 10.9 Å². The zero-order chi connectivity index (χ0) is 21.8. The van der Waals surface area contributed by atoms with Gasteiger partial charge >= 0.3 is 0 Å². The van der Waals surface area contributed by atoms with Crippen molar-refractivity contribution in [3.63, 3.8) is 0 Å². The molecule has 0 saturated heterocycles. The smallest absolute Gasteiger partial charge is 0.283 e. The van der Waals surface area contributed by atoms with E-state index in [0.29, 0.717) is 29.2 Å². The predicted octanol–water partition coefficient (Wildman–Crippen LogP) is 3.34. The molecule has 3 aromatic heterocycles. The molecule has 0 unspecified atom stereocenters. The van der Waals surface area contributed by atoms with Crippen LogP contribution in [0.1, 0.15) is 18.1 Å². The molecule has 0 saturated carbocycles. The molecular weight excluding hydrogens is 402 g/mol. The van der Waals surface area contributed by atoms with Crippen LogP contribution in [0.2, 0.25) is 0 Å². The molecule has 6 rings (SSSR count). The summed E-state index contributed by atoms with van der Waals surface area (Å²) in [6.45, 7) is 4.69. The molecule has 0 bridgehead atoms. The molecule has 4 heterocycles. The summed E-state index contributed by atoms with van der Waals surface area (Å²) < 4.78 is 3.57. The Hall–Kier alpha value is -3.78. The highest BCUT2D eigenvalue weighted by atomic mass is 16.1. The zero-order valence-corrected chi connectivity index (χ0v) is 18.0. The highest BCUT2D eigenvalue weighted by Crippen LogP contribution is 2.24. The molecule has 0 aliphatic carbocycles. The van der Waals surface area contributed by atoms with Crippen molar-refractivity contribution in [1.82, 2.24) is 29.0 Å². The lowest BCUT2D eigenvalue weighted by atomic mass is 9.99. The molecule has 0 atom stereocenters. The van der Waals surface area contributed by atoms with E-state index in [4.69, 9.17) is 4.98 Å². The fourth-order valence-electron chi connectivity index (χ4n) is 4.64. The van der Waals surface area contributed by atoms with Gasteiger partial charge in [0.2, 0.25) is 5.95 Å². The minimum absolute atomic E-state index is 0.161. The summed E-state index contributed by atoms with van der Waals surface area (Å²) in [7, 11) is 2.13. The number of rotatable bonds is 3. The molecule has 1 aliphatic heterocycles. The Balaban J connectivity index is 1.46. The molecule has 5 aromatic rings. The van der Waals surface area contributed by atoms with Crippen molar-refractivity contribution in [2.24, 2.45) is 0 Å². The monoisotopic (exact) mass is 425 g/mol. The van der Waals surface area contributed by atoms with Gasteiger partial charge in [0.1, 0.15) is 5.39 Å². The number of nitrogens with zero attached hydrogens (tertiary/aromatic N) is 6. The van der Waals surface area contributed by atoms with Crippen molar-refractivity contribution in [3.05, 3.63) is 70.1 Å². The van der Waals surface area contributed by atoms with E-state index in [-0.39, 0.29) is 5.56 Å². The second-order valence-corrected chi connectivity index (χ2v) is 8.31. The number of nitrogens with one attached hydrogen (secondary N) is 1. The number of fused-ring (bicyclic) bond motifs is 5. The van der Waals surface area contributed by atoms with Crippen molar-refractivity contribution in [1.29, 1.82) is 0 Å². The number of aryl methyl sites for hydroxylation is 1. The Morgan fingerprint density at radius 2 is 1.94 bits per heavy atom. The molecule has 8 nitrogen and oxygen atoms in total. The fraction of sp³-hybridized carbons (Fsp3) is 0.250. The van der Waals surface area contributed by atoms with Gasteiger partial charge < -0.3 is 10.2 Å². The maximum absolute atomic E-state index is 13.3. The maximum atomic E-state index is 13.3. The number of para-hydroxylation sites is 1. The van der Waals surface area contributed by atoms with Gasteiger partial charge in [0, 0.05) is 36.9 Å². The maximum Gasteiger partial charge on any atom is 0.283 e. The molecule has 8 heteroatoms. The number of hydrogen-bond donors (Lipinski definition) is 1. The van der Waals surface area contributed by atoms with E-state index in [1.807, 2.05) is 35.9 Å². The van der Waals surface area contributed by atoms with Crippen LogP contribution in [-0.2, 0) is 19.5 Å². The van der Waals surface area contributed by atoms with Crippen LogP contribution in [-0.4, -0.2) is 42.6 Å². The number of benzene rings is 2. The van der Waals surface area contributed by atoms with Crippen molar-refractivity contribution in [3.8, 4) is 0 Å². The van der Waals surface area contributed by atoms with Gasteiger partial charge in [0.05, 0.1) is 5.52 Å². The first kappa shape index (κ1) is 18.9. The molecule has 2 aromatic carbocycles. The molecule has 0 radical (unpaired) electrons. The number of hydrogen-bond acceptors (Lipinski definition) is 6. The lowest BCUT2D eigenvalue weighted by Gasteiger charge is -2.25. The second-order valence-electron chi connectivity index (χ2n) is 8.31. The largest absolute Gasteiger partial charge is 0.324 e. The number of anilines is 2. The summed E-state index contributed by atoms with van der Waals surface area (Å²) in [6.07, 6.45) is 2.63. The van der Waals surface area contributed by atoms with E-state index >= 15 is 0 Å². The quantitative estimate of drug-likeness (QED) is 0.478. The molecule has 1 N–H and O–H groups in total. The first-order valence-corrected chi connectivity index (χ1v) is 10.9. The van der Waals surface area contributed by atoms with Crippen LogP contribution in [0.4, 0.5) is 11.6 Å². The molecule has 32 heavy (non-hydrogen) atoms. The minimum atomic E-state index is -0.161. The van der Waals surface area contributed by atoms with Crippen LogP contribution >= 0.6 is 0 Å². The Bertz CT molecular complexity index is 1570. The summed E-state index contributed by atoms with van der Waals surface area (Å²) >= 11 is 0. The lowest BCUT2D eigenvalue weighted by Crippen LogP contribution is -2.26. The first-order valence-electron chi connectivity index (χ1n) is 10.9. The summed E-state index contributed by atoms with van der Waals surface area (Å²) in [5.74, 6) is 0.428. The second kappa shape index (κ2) is 7.13. The molecule has 0 spiro atoms. The van der Waals surface area contributed by atoms with E-state index in [0.717, 1.165) is 36.1 Å². The number of likely N-dealkylation sites (N-methyl/N-ethyl adjacent to an activating group) is 1.